The van der Waals surface area contributed by atoms with Gasteiger partial charge in [0, 0.05) is 84.1 Å². The summed E-state index contributed by atoms with van der Waals surface area (Å²) >= 11 is 12.1. The monoisotopic (exact) mass is 658 g/mol. The average Bonchev–Trinajstić information content (AvgIpc) is 3.07. The normalized spacial score (nSPS) is 14.5. The van der Waals surface area contributed by atoms with Crippen LogP contribution < -0.4 is 0 Å². The van der Waals surface area contributed by atoms with E-state index in [0.29, 0.717) is 79.6 Å². The second-order valence-electron chi connectivity index (χ2n) is 11.7. The van der Waals surface area contributed by atoms with Gasteiger partial charge in [0.05, 0.1) is 0 Å². The number of nitrogens with zero attached hydrogens (tertiary/aromatic N) is 4. The number of hydrogen-bond donors (Lipinski definition) is 0. The topological polar surface area (TPSA) is 81.2 Å². The van der Waals surface area contributed by atoms with E-state index in [1.165, 1.54) is 9.80 Å². The SMILES string of the molecule is O=C1c2cccc3cccc(c23)C(=O)N1CCCN(CCCN1C(=O)c2cccc3cccc(c23)C1=O)CCN(CCCl)CCCl. The second kappa shape index (κ2) is 14.3. The Morgan fingerprint density at radius 3 is 1.11 bits per heavy atom. The Kier molecular flexibility index (Phi) is 9.99. The van der Waals surface area contributed by atoms with Crippen LogP contribution in [0.2, 0.25) is 0 Å². The summed E-state index contributed by atoms with van der Waals surface area (Å²) in [5.74, 6) is -0.0835. The predicted octanol–water partition coefficient (Wildman–Crippen LogP) is 5.75. The molecule has 238 valence electrons. The third kappa shape index (κ3) is 6.27. The van der Waals surface area contributed by atoms with Crippen LogP contribution in [0.4, 0.5) is 0 Å². The number of alkyl halides is 2. The Morgan fingerprint density at radius 2 is 0.783 bits per heavy atom. The largest absolute Gasteiger partial charge is 0.302 e. The fraction of sp³-hybridized carbons (Fsp3) is 0.333. The molecule has 4 aromatic rings. The van der Waals surface area contributed by atoms with Gasteiger partial charge in [-0.3, -0.25) is 33.9 Å². The van der Waals surface area contributed by atoms with Crippen molar-refractivity contribution in [2.24, 2.45) is 0 Å². The minimum absolute atomic E-state index is 0.270. The smallest absolute Gasteiger partial charge is 0.261 e. The Morgan fingerprint density at radius 1 is 0.457 bits per heavy atom. The van der Waals surface area contributed by atoms with E-state index in [4.69, 9.17) is 23.2 Å². The molecule has 0 bridgehead atoms. The van der Waals surface area contributed by atoms with Gasteiger partial charge >= 0.3 is 0 Å². The van der Waals surface area contributed by atoms with Crippen molar-refractivity contribution in [2.45, 2.75) is 12.8 Å². The Hall–Kier alpha value is -3.82. The molecule has 4 aromatic carbocycles. The molecule has 0 radical (unpaired) electrons. The zero-order chi connectivity index (χ0) is 32.2. The molecule has 0 N–H and O–H groups in total. The molecule has 0 aromatic heterocycles. The number of carbonyl (C=O) groups excluding carboxylic acids is 4. The van der Waals surface area contributed by atoms with Gasteiger partial charge in [-0.05, 0) is 61.0 Å². The Bertz CT molecular complexity index is 1580. The lowest BCUT2D eigenvalue weighted by atomic mass is 9.94. The summed E-state index contributed by atoms with van der Waals surface area (Å²) in [6.07, 6.45) is 1.16. The molecule has 2 heterocycles. The molecule has 2 aliphatic rings. The van der Waals surface area contributed by atoms with Crippen molar-refractivity contribution >= 4 is 68.4 Å². The summed E-state index contributed by atoms with van der Waals surface area (Å²) in [4.78, 5) is 60.8. The van der Waals surface area contributed by atoms with E-state index in [9.17, 15) is 19.2 Å². The number of amides is 4. The van der Waals surface area contributed by atoms with Crippen LogP contribution in [0.25, 0.3) is 21.5 Å². The van der Waals surface area contributed by atoms with E-state index in [-0.39, 0.29) is 36.7 Å². The number of benzene rings is 4. The molecule has 0 unspecified atom stereocenters. The first-order valence-corrected chi connectivity index (χ1v) is 16.8. The first kappa shape index (κ1) is 32.1. The molecule has 0 aliphatic carbocycles. The van der Waals surface area contributed by atoms with Gasteiger partial charge in [0.1, 0.15) is 0 Å². The van der Waals surface area contributed by atoms with Gasteiger partial charge in [0.25, 0.3) is 23.6 Å². The molecular weight excluding hydrogens is 623 g/mol. The molecule has 10 heteroatoms. The summed E-state index contributed by atoms with van der Waals surface area (Å²) in [5, 5.41) is 3.20. The van der Waals surface area contributed by atoms with Gasteiger partial charge in [-0.2, -0.15) is 0 Å². The van der Waals surface area contributed by atoms with E-state index < -0.39 is 0 Å². The summed E-state index contributed by atoms with van der Waals surface area (Å²) in [5.41, 5.74) is 2.21. The molecule has 46 heavy (non-hydrogen) atoms. The van der Waals surface area contributed by atoms with Gasteiger partial charge in [-0.1, -0.05) is 48.5 Å². The fourth-order valence-corrected chi connectivity index (χ4v) is 7.14. The van der Waals surface area contributed by atoms with Crippen molar-refractivity contribution in [3.63, 3.8) is 0 Å². The van der Waals surface area contributed by atoms with Crippen LogP contribution in [0.5, 0.6) is 0 Å². The standard InChI is InChI=1S/C36H36Cl2N4O4/c37-15-21-40(22-16-38)24-23-39(17-5-19-41-33(43)27-11-1-7-25-8-2-12-28(31(25)27)34(41)44)18-6-20-42-35(45)29-13-3-9-26-10-4-14-30(32(26)29)36(42)46/h1-4,7-14H,5-6,15-24H2. The van der Waals surface area contributed by atoms with Crippen molar-refractivity contribution in [3.8, 4) is 0 Å². The van der Waals surface area contributed by atoms with Crippen LogP contribution in [0.1, 0.15) is 54.3 Å². The van der Waals surface area contributed by atoms with Crippen LogP contribution in [-0.2, 0) is 0 Å². The summed E-state index contributed by atoms with van der Waals surface area (Å²) < 4.78 is 0. The maximum atomic E-state index is 13.4. The number of rotatable bonds is 15. The third-order valence-electron chi connectivity index (χ3n) is 8.96. The highest BCUT2D eigenvalue weighted by molar-refractivity contribution is 6.26. The summed E-state index contributed by atoms with van der Waals surface area (Å²) in [6.45, 7) is 4.71. The third-order valence-corrected chi connectivity index (χ3v) is 9.30. The van der Waals surface area contributed by atoms with Gasteiger partial charge in [0.15, 0.2) is 0 Å². The average molecular weight is 660 g/mol. The highest BCUT2D eigenvalue weighted by Crippen LogP contribution is 2.31. The van der Waals surface area contributed by atoms with Gasteiger partial charge in [-0.25, -0.2) is 0 Å². The van der Waals surface area contributed by atoms with Crippen LogP contribution in [0.3, 0.4) is 0 Å². The van der Waals surface area contributed by atoms with Gasteiger partial charge < -0.3 is 4.90 Å². The fourth-order valence-electron chi connectivity index (χ4n) is 6.66. The Balaban J connectivity index is 1.12. The van der Waals surface area contributed by atoms with Crippen molar-refractivity contribution in [2.75, 3.05) is 64.1 Å². The number of carbonyl (C=O) groups is 4. The van der Waals surface area contributed by atoms with Gasteiger partial charge in [-0.15, -0.1) is 23.2 Å². The molecule has 0 saturated carbocycles. The number of hydrogen-bond acceptors (Lipinski definition) is 6. The van der Waals surface area contributed by atoms with E-state index in [2.05, 4.69) is 9.80 Å². The van der Waals surface area contributed by atoms with Crippen LogP contribution in [0, 0.1) is 0 Å². The van der Waals surface area contributed by atoms with Crippen molar-refractivity contribution < 1.29 is 19.2 Å². The zero-order valence-electron chi connectivity index (χ0n) is 25.6. The molecule has 4 amide bonds. The lowest BCUT2D eigenvalue weighted by molar-refractivity contribution is 0.0596. The molecule has 2 aliphatic heterocycles. The molecule has 6 rings (SSSR count). The quantitative estimate of drug-likeness (QED) is 0.120. The van der Waals surface area contributed by atoms with E-state index >= 15 is 0 Å². The van der Waals surface area contributed by atoms with Crippen molar-refractivity contribution in [1.29, 1.82) is 0 Å². The van der Waals surface area contributed by atoms with E-state index in [0.717, 1.165) is 28.1 Å². The first-order valence-electron chi connectivity index (χ1n) is 15.8. The highest BCUT2D eigenvalue weighted by Gasteiger charge is 2.33. The molecule has 0 saturated heterocycles. The molecule has 8 nitrogen and oxygen atoms in total. The summed E-state index contributed by atoms with van der Waals surface area (Å²) in [6, 6.07) is 22.2. The number of halogens is 2. The molecular formula is C36H36Cl2N4O4. The predicted molar refractivity (Wildman–Crippen MR) is 182 cm³/mol. The first-order chi connectivity index (χ1) is 22.4. The van der Waals surface area contributed by atoms with Crippen LogP contribution >= 0.6 is 23.2 Å². The van der Waals surface area contributed by atoms with Crippen LogP contribution in [-0.4, -0.2) is 107 Å². The molecule has 0 fully saturated rings. The zero-order valence-corrected chi connectivity index (χ0v) is 27.1. The minimum Gasteiger partial charge on any atom is -0.302 e. The highest BCUT2D eigenvalue weighted by atomic mass is 35.5. The maximum Gasteiger partial charge on any atom is 0.261 e. The Labute approximate surface area is 278 Å². The van der Waals surface area contributed by atoms with E-state index in [1.54, 1.807) is 24.3 Å². The summed E-state index contributed by atoms with van der Waals surface area (Å²) in [7, 11) is 0. The molecule has 0 spiro atoms. The van der Waals surface area contributed by atoms with E-state index in [1.807, 2.05) is 48.5 Å². The molecule has 0 atom stereocenters. The lowest BCUT2D eigenvalue weighted by Gasteiger charge is -2.31. The maximum absolute atomic E-state index is 13.4. The second-order valence-corrected chi connectivity index (χ2v) is 12.5. The van der Waals surface area contributed by atoms with Gasteiger partial charge in [0.2, 0.25) is 0 Å². The minimum atomic E-state index is -0.270. The lowest BCUT2D eigenvalue weighted by Crippen LogP contribution is -2.44. The number of imide groups is 2. The van der Waals surface area contributed by atoms with Crippen molar-refractivity contribution in [1.82, 2.24) is 19.6 Å². The van der Waals surface area contributed by atoms with Crippen LogP contribution in [0.15, 0.2) is 72.8 Å². The van der Waals surface area contributed by atoms with Crippen molar-refractivity contribution in [3.05, 3.63) is 95.1 Å².